The van der Waals surface area contributed by atoms with Crippen molar-refractivity contribution in [2.75, 3.05) is 6.54 Å². The fraction of sp³-hybridized carbons (Fsp3) is 0.667. The van der Waals surface area contributed by atoms with Crippen LogP contribution in [0.3, 0.4) is 0 Å². The summed E-state index contributed by atoms with van der Waals surface area (Å²) in [5, 5.41) is 19.4. The lowest BCUT2D eigenvalue weighted by molar-refractivity contribution is 0.648. The van der Waals surface area contributed by atoms with Crippen LogP contribution in [0.25, 0.3) is 0 Å². The van der Waals surface area contributed by atoms with Crippen LogP contribution in [0, 0.1) is 22.7 Å². The van der Waals surface area contributed by atoms with Gasteiger partial charge in [-0.25, -0.2) is 0 Å². The molecule has 1 rings (SSSR count). The van der Waals surface area contributed by atoms with Gasteiger partial charge in [0.1, 0.15) is 5.54 Å². The minimum Gasteiger partial charge on any atom is -0.287 e. The van der Waals surface area contributed by atoms with Crippen LogP contribution in [0.4, 0.5) is 0 Å². The molecule has 0 saturated heterocycles. The first-order chi connectivity index (χ1) is 4.33. The molecule has 0 radical (unpaired) electrons. The minimum absolute atomic E-state index is 0.285. The highest BCUT2D eigenvalue weighted by atomic mass is 15.0. The van der Waals surface area contributed by atoms with Gasteiger partial charge in [0.25, 0.3) is 0 Å². The second-order valence-electron chi connectivity index (χ2n) is 2.21. The molecule has 0 bridgehead atoms. The first-order valence-corrected chi connectivity index (χ1v) is 2.86. The summed E-state index contributed by atoms with van der Waals surface area (Å²) >= 11 is 0. The quantitative estimate of drug-likeness (QED) is 0.529. The van der Waals surface area contributed by atoms with E-state index in [4.69, 9.17) is 10.5 Å². The maximum atomic E-state index is 8.46. The molecule has 3 nitrogen and oxygen atoms in total. The largest absolute Gasteiger partial charge is 0.287 e. The molecule has 1 saturated carbocycles. The van der Waals surface area contributed by atoms with Gasteiger partial charge in [-0.2, -0.15) is 10.5 Å². The molecule has 0 aromatic rings. The third-order valence-corrected chi connectivity index (χ3v) is 1.47. The van der Waals surface area contributed by atoms with Crippen molar-refractivity contribution in [3.05, 3.63) is 0 Å². The Kier molecular flexibility index (Phi) is 1.38. The zero-order valence-corrected chi connectivity index (χ0v) is 5.02. The van der Waals surface area contributed by atoms with Crippen LogP contribution in [0.2, 0.25) is 0 Å². The van der Waals surface area contributed by atoms with E-state index in [2.05, 4.69) is 11.4 Å². The number of rotatable bonds is 2. The van der Waals surface area contributed by atoms with Crippen molar-refractivity contribution in [2.45, 2.75) is 18.4 Å². The molecule has 0 spiro atoms. The Labute approximate surface area is 53.9 Å². The smallest absolute Gasteiger partial charge is 0.107 e. The molecule has 0 aromatic carbocycles. The van der Waals surface area contributed by atoms with E-state index >= 15 is 0 Å². The number of nitriles is 2. The first kappa shape index (κ1) is 6.07. The summed E-state index contributed by atoms with van der Waals surface area (Å²) in [4.78, 5) is 0. The van der Waals surface area contributed by atoms with Gasteiger partial charge in [-0.05, 0) is 12.8 Å². The molecular formula is C6H7N3. The molecule has 1 fully saturated rings. The van der Waals surface area contributed by atoms with Crippen molar-refractivity contribution >= 4 is 0 Å². The molecule has 9 heavy (non-hydrogen) atoms. The van der Waals surface area contributed by atoms with Gasteiger partial charge in [0.15, 0.2) is 0 Å². The molecule has 3 heteroatoms. The van der Waals surface area contributed by atoms with Crippen LogP contribution < -0.4 is 5.32 Å². The molecule has 0 aliphatic heterocycles. The Balaban J connectivity index is 2.30. The summed E-state index contributed by atoms with van der Waals surface area (Å²) in [6.07, 6.45) is 1.79. The van der Waals surface area contributed by atoms with Crippen molar-refractivity contribution in [1.29, 1.82) is 10.5 Å². The lowest BCUT2D eigenvalue weighted by Gasteiger charge is -2.01. The summed E-state index contributed by atoms with van der Waals surface area (Å²) in [6, 6.07) is 4.06. The van der Waals surface area contributed by atoms with Crippen LogP contribution in [-0.2, 0) is 0 Å². The Bertz CT molecular complexity index is 179. The van der Waals surface area contributed by atoms with Crippen LogP contribution in [0.15, 0.2) is 0 Å². The Hall–Kier alpha value is -1.06. The summed E-state index contributed by atoms with van der Waals surface area (Å²) in [7, 11) is 0. The predicted molar refractivity (Wildman–Crippen MR) is 31.2 cm³/mol. The van der Waals surface area contributed by atoms with Gasteiger partial charge in [0.05, 0.1) is 18.7 Å². The van der Waals surface area contributed by atoms with Crippen LogP contribution in [-0.4, -0.2) is 12.1 Å². The number of nitrogens with one attached hydrogen (secondary N) is 1. The standard InChI is InChI=1S/C6H7N3/c7-3-4-9-6(5-8)1-2-6/h9H,1-2,4H2. The minimum atomic E-state index is -0.324. The maximum absolute atomic E-state index is 8.46. The van der Waals surface area contributed by atoms with E-state index < -0.39 is 0 Å². The number of nitrogens with zero attached hydrogens (tertiary/aromatic N) is 2. The summed E-state index contributed by atoms with van der Waals surface area (Å²) in [6.45, 7) is 0.285. The summed E-state index contributed by atoms with van der Waals surface area (Å²) in [5.74, 6) is 0. The molecule has 0 atom stereocenters. The van der Waals surface area contributed by atoms with Crippen LogP contribution in [0.5, 0.6) is 0 Å². The average Bonchev–Trinajstić information content (AvgIpc) is 2.65. The van der Waals surface area contributed by atoms with Gasteiger partial charge in [-0.3, -0.25) is 5.32 Å². The van der Waals surface area contributed by atoms with Crippen molar-refractivity contribution in [3.63, 3.8) is 0 Å². The average molecular weight is 121 g/mol. The van der Waals surface area contributed by atoms with E-state index in [1.165, 1.54) is 0 Å². The highest BCUT2D eigenvalue weighted by Gasteiger charge is 2.42. The van der Waals surface area contributed by atoms with Crippen LogP contribution in [0.1, 0.15) is 12.8 Å². The highest BCUT2D eigenvalue weighted by molar-refractivity contribution is 5.18. The van der Waals surface area contributed by atoms with Gasteiger partial charge in [-0.15, -0.1) is 0 Å². The first-order valence-electron chi connectivity index (χ1n) is 2.86. The molecule has 1 aliphatic rings. The molecule has 1 aliphatic carbocycles. The van der Waals surface area contributed by atoms with E-state index in [1.54, 1.807) is 0 Å². The normalized spacial score (nSPS) is 19.8. The van der Waals surface area contributed by atoms with Crippen molar-refractivity contribution < 1.29 is 0 Å². The predicted octanol–water partition coefficient (Wildman–Crippen LogP) is 0.156. The van der Waals surface area contributed by atoms with Gasteiger partial charge < -0.3 is 0 Å². The van der Waals surface area contributed by atoms with Crippen molar-refractivity contribution in [1.82, 2.24) is 5.32 Å². The highest BCUT2D eigenvalue weighted by Crippen LogP contribution is 2.33. The molecule has 0 aromatic heterocycles. The lowest BCUT2D eigenvalue weighted by Crippen LogP contribution is -2.29. The second-order valence-corrected chi connectivity index (χ2v) is 2.21. The van der Waals surface area contributed by atoms with E-state index in [0.29, 0.717) is 0 Å². The topological polar surface area (TPSA) is 59.6 Å². The van der Waals surface area contributed by atoms with Gasteiger partial charge in [0.2, 0.25) is 0 Å². The Morgan fingerprint density at radius 1 is 1.44 bits per heavy atom. The van der Waals surface area contributed by atoms with Crippen LogP contribution >= 0.6 is 0 Å². The van der Waals surface area contributed by atoms with E-state index in [1.807, 2.05) is 6.07 Å². The SMILES string of the molecule is N#CCNC1(C#N)CC1. The molecule has 0 heterocycles. The third-order valence-electron chi connectivity index (χ3n) is 1.47. The molecule has 0 amide bonds. The monoisotopic (exact) mass is 121 g/mol. The Morgan fingerprint density at radius 2 is 2.11 bits per heavy atom. The fourth-order valence-corrected chi connectivity index (χ4v) is 0.662. The van der Waals surface area contributed by atoms with Gasteiger partial charge >= 0.3 is 0 Å². The summed E-state index contributed by atoms with van der Waals surface area (Å²) in [5.41, 5.74) is -0.324. The lowest BCUT2D eigenvalue weighted by atomic mass is 10.3. The van der Waals surface area contributed by atoms with E-state index in [0.717, 1.165) is 12.8 Å². The summed E-state index contributed by atoms with van der Waals surface area (Å²) < 4.78 is 0. The number of hydrogen-bond acceptors (Lipinski definition) is 3. The van der Waals surface area contributed by atoms with E-state index in [9.17, 15) is 0 Å². The van der Waals surface area contributed by atoms with Gasteiger partial charge in [-0.1, -0.05) is 0 Å². The Morgan fingerprint density at radius 3 is 2.44 bits per heavy atom. The number of hydrogen-bond donors (Lipinski definition) is 1. The maximum Gasteiger partial charge on any atom is 0.107 e. The van der Waals surface area contributed by atoms with E-state index in [-0.39, 0.29) is 12.1 Å². The zero-order valence-electron chi connectivity index (χ0n) is 5.02. The molecule has 1 N–H and O–H groups in total. The molecular weight excluding hydrogens is 114 g/mol. The fourth-order valence-electron chi connectivity index (χ4n) is 0.662. The van der Waals surface area contributed by atoms with Crippen molar-refractivity contribution in [2.24, 2.45) is 0 Å². The zero-order chi connectivity index (χ0) is 6.74. The van der Waals surface area contributed by atoms with Gasteiger partial charge in [0, 0.05) is 0 Å². The second kappa shape index (κ2) is 2.05. The van der Waals surface area contributed by atoms with Crippen molar-refractivity contribution in [3.8, 4) is 12.1 Å². The third kappa shape index (κ3) is 1.19. The molecule has 46 valence electrons. The molecule has 0 unspecified atom stereocenters.